The second kappa shape index (κ2) is 6.08. The average molecular weight is 300 g/mol. The Kier molecular flexibility index (Phi) is 4.16. The van der Waals surface area contributed by atoms with Crippen molar-refractivity contribution in [2.24, 2.45) is 12.8 Å². The van der Waals surface area contributed by atoms with E-state index in [-0.39, 0.29) is 0 Å². The number of amides is 1. The largest absolute Gasteiger partial charge is 0.366 e. The van der Waals surface area contributed by atoms with Gasteiger partial charge in [0.1, 0.15) is 11.3 Å². The number of fused-ring (bicyclic) bond motifs is 1. The number of aryl methyl sites for hydroxylation is 1. The number of para-hydroxylation sites is 1. The van der Waals surface area contributed by atoms with Crippen LogP contribution >= 0.6 is 0 Å². The maximum absolute atomic E-state index is 11.6. The minimum absolute atomic E-state index is 0.409. The second-order valence-electron chi connectivity index (χ2n) is 6.18. The summed E-state index contributed by atoms with van der Waals surface area (Å²) in [4.78, 5) is 18.9. The lowest BCUT2D eigenvalue weighted by Gasteiger charge is -2.31. The van der Waals surface area contributed by atoms with Crippen LogP contribution in [0.25, 0.3) is 11.0 Å². The first kappa shape index (κ1) is 15.0. The number of hydrogen-bond donors (Lipinski definition) is 1. The quantitative estimate of drug-likeness (QED) is 0.942. The predicted octanol–water partition coefficient (Wildman–Crippen LogP) is 2.26. The lowest BCUT2D eigenvalue weighted by molar-refractivity contribution is 0.100. The molecule has 1 aromatic heterocycles. The molecule has 5 heteroatoms. The summed E-state index contributed by atoms with van der Waals surface area (Å²) in [5, 5.41) is 0. The molecule has 1 aliphatic heterocycles. The smallest absolute Gasteiger partial charge is 0.250 e. The molecule has 0 atom stereocenters. The summed E-state index contributed by atoms with van der Waals surface area (Å²) in [7, 11) is 2.04. The Bertz CT molecular complexity index is 683. The summed E-state index contributed by atoms with van der Waals surface area (Å²) < 4.78 is 2.13. The predicted molar refractivity (Wildman–Crippen MR) is 87.9 cm³/mol. The minimum atomic E-state index is -0.409. The Balaban J connectivity index is 1.91. The van der Waals surface area contributed by atoms with Crippen LogP contribution in [0, 0.1) is 0 Å². The molecule has 0 aliphatic carbocycles. The molecular weight excluding hydrogens is 276 g/mol. The number of piperidine rings is 1. The first-order valence-electron chi connectivity index (χ1n) is 8.09. The van der Waals surface area contributed by atoms with Crippen molar-refractivity contribution in [3.63, 3.8) is 0 Å². The maximum Gasteiger partial charge on any atom is 0.250 e. The van der Waals surface area contributed by atoms with E-state index in [2.05, 4.69) is 16.4 Å². The van der Waals surface area contributed by atoms with Gasteiger partial charge >= 0.3 is 0 Å². The molecule has 0 unspecified atom stereocenters. The van der Waals surface area contributed by atoms with E-state index in [1.807, 2.05) is 19.2 Å². The molecule has 0 saturated carbocycles. The number of likely N-dealkylation sites (tertiary alicyclic amines) is 1. The van der Waals surface area contributed by atoms with E-state index < -0.39 is 5.91 Å². The highest BCUT2D eigenvalue weighted by molar-refractivity contribution is 6.04. The Labute approximate surface area is 131 Å². The Morgan fingerprint density at radius 3 is 2.73 bits per heavy atom. The molecule has 2 N–H and O–H groups in total. The van der Waals surface area contributed by atoms with Crippen molar-refractivity contribution in [3.05, 3.63) is 29.6 Å². The molecule has 1 saturated heterocycles. The fraction of sp³-hybridized carbons (Fsp3) is 0.529. The van der Waals surface area contributed by atoms with E-state index in [0.717, 1.165) is 42.8 Å². The van der Waals surface area contributed by atoms with Gasteiger partial charge in [0, 0.05) is 13.0 Å². The zero-order chi connectivity index (χ0) is 15.7. The second-order valence-corrected chi connectivity index (χ2v) is 6.18. The topological polar surface area (TPSA) is 64.2 Å². The number of imidazole rings is 1. The van der Waals surface area contributed by atoms with Crippen molar-refractivity contribution in [2.75, 3.05) is 19.6 Å². The first-order chi connectivity index (χ1) is 10.6. The van der Waals surface area contributed by atoms with Crippen molar-refractivity contribution in [1.82, 2.24) is 14.5 Å². The lowest BCUT2D eigenvalue weighted by atomic mass is 9.96. The van der Waals surface area contributed by atoms with Crippen LogP contribution in [0.2, 0.25) is 0 Å². The van der Waals surface area contributed by atoms with E-state index >= 15 is 0 Å². The fourth-order valence-electron chi connectivity index (χ4n) is 3.53. The molecule has 0 bridgehead atoms. The number of aromatic nitrogens is 2. The molecule has 118 valence electrons. The highest BCUT2D eigenvalue weighted by atomic mass is 16.1. The number of benzene rings is 1. The SMILES string of the molecule is CCCN1CCC(c2nc3c(C(N)=O)cccc3n2C)CC1. The van der Waals surface area contributed by atoms with Gasteiger partial charge in [-0.05, 0) is 51.0 Å². The highest BCUT2D eigenvalue weighted by Gasteiger charge is 2.25. The zero-order valence-electron chi connectivity index (χ0n) is 13.4. The monoisotopic (exact) mass is 300 g/mol. The molecule has 5 nitrogen and oxygen atoms in total. The molecule has 2 aromatic rings. The van der Waals surface area contributed by atoms with E-state index in [4.69, 9.17) is 10.7 Å². The van der Waals surface area contributed by atoms with Crippen molar-refractivity contribution in [3.8, 4) is 0 Å². The van der Waals surface area contributed by atoms with Gasteiger partial charge in [0.05, 0.1) is 11.1 Å². The van der Waals surface area contributed by atoms with E-state index in [1.165, 1.54) is 13.0 Å². The van der Waals surface area contributed by atoms with Crippen molar-refractivity contribution in [2.45, 2.75) is 32.1 Å². The summed E-state index contributed by atoms with van der Waals surface area (Å²) in [5.41, 5.74) is 7.72. The summed E-state index contributed by atoms with van der Waals surface area (Å²) in [6, 6.07) is 5.63. The summed E-state index contributed by atoms with van der Waals surface area (Å²) in [5.74, 6) is 1.14. The van der Waals surface area contributed by atoms with Crippen molar-refractivity contribution in [1.29, 1.82) is 0 Å². The van der Waals surface area contributed by atoms with Gasteiger partial charge in [-0.15, -0.1) is 0 Å². The molecule has 2 heterocycles. The van der Waals surface area contributed by atoms with Gasteiger partial charge in [-0.2, -0.15) is 0 Å². The maximum atomic E-state index is 11.6. The van der Waals surface area contributed by atoms with Crippen molar-refractivity contribution < 1.29 is 4.79 Å². The first-order valence-corrected chi connectivity index (χ1v) is 8.09. The number of carbonyl (C=O) groups is 1. The molecule has 0 radical (unpaired) electrons. The van der Waals surface area contributed by atoms with Crippen LogP contribution in [0.5, 0.6) is 0 Å². The summed E-state index contributed by atoms with van der Waals surface area (Å²) in [6.45, 7) is 5.67. The van der Waals surface area contributed by atoms with Crippen molar-refractivity contribution >= 4 is 16.9 Å². The van der Waals surface area contributed by atoms with Crippen LogP contribution in [0.1, 0.15) is 48.3 Å². The van der Waals surface area contributed by atoms with Gasteiger partial charge in [-0.3, -0.25) is 4.79 Å². The lowest BCUT2D eigenvalue weighted by Crippen LogP contribution is -2.34. The minimum Gasteiger partial charge on any atom is -0.366 e. The van der Waals surface area contributed by atoms with Gasteiger partial charge in [-0.25, -0.2) is 4.98 Å². The highest BCUT2D eigenvalue weighted by Crippen LogP contribution is 2.30. The van der Waals surface area contributed by atoms with Crippen LogP contribution < -0.4 is 5.73 Å². The van der Waals surface area contributed by atoms with Gasteiger partial charge < -0.3 is 15.2 Å². The van der Waals surface area contributed by atoms with E-state index in [1.54, 1.807) is 6.07 Å². The van der Waals surface area contributed by atoms with Crippen LogP contribution in [0.3, 0.4) is 0 Å². The molecule has 0 spiro atoms. The van der Waals surface area contributed by atoms with Gasteiger partial charge in [0.2, 0.25) is 0 Å². The van der Waals surface area contributed by atoms with Gasteiger partial charge in [0.25, 0.3) is 5.91 Å². The molecule has 1 aromatic carbocycles. The van der Waals surface area contributed by atoms with Crippen LogP contribution in [0.15, 0.2) is 18.2 Å². The normalized spacial score (nSPS) is 17.2. The molecule has 1 aliphatic rings. The Morgan fingerprint density at radius 1 is 1.36 bits per heavy atom. The van der Waals surface area contributed by atoms with E-state index in [9.17, 15) is 4.79 Å². The Morgan fingerprint density at radius 2 is 2.09 bits per heavy atom. The number of rotatable bonds is 4. The fourth-order valence-corrected chi connectivity index (χ4v) is 3.53. The number of carbonyl (C=O) groups excluding carboxylic acids is 1. The van der Waals surface area contributed by atoms with Gasteiger partial charge in [0.15, 0.2) is 0 Å². The number of nitrogens with zero attached hydrogens (tertiary/aromatic N) is 3. The molecule has 1 amide bonds. The third-order valence-corrected chi connectivity index (χ3v) is 4.70. The van der Waals surface area contributed by atoms with E-state index in [0.29, 0.717) is 11.5 Å². The molecular formula is C17H24N4O. The number of primary amides is 1. The third-order valence-electron chi connectivity index (χ3n) is 4.70. The number of hydrogen-bond acceptors (Lipinski definition) is 3. The summed E-state index contributed by atoms with van der Waals surface area (Å²) >= 11 is 0. The van der Waals surface area contributed by atoms with Gasteiger partial charge in [-0.1, -0.05) is 13.0 Å². The molecule has 22 heavy (non-hydrogen) atoms. The Hall–Kier alpha value is -1.88. The third kappa shape index (κ3) is 2.61. The van der Waals surface area contributed by atoms with Crippen LogP contribution in [-0.4, -0.2) is 40.0 Å². The molecule has 3 rings (SSSR count). The number of nitrogens with two attached hydrogens (primary N) is 1. The van der Waals surface area contributed by atoms with Crippen LogP contribution in [-0.2, 0) is 7.05 Å². The van der Waals surface area contributed by atoms with Crippen LogP contribution in [0.4, 0.5) is 0 Å². The average Bonchev–Trinajstić information content (AvgIpc) is 2.85. The zero-order valence-corrected chi connectivity index (χ0v) is 13.4. The standard InChI is InChI=1S/C17H24N4O/c1-3-9-21-10-7-12(8-11-21)17-19-15-13(16(18)22)5-4-6-14(15)20(17)2/h4-6,12H,3,7-11H2,1-2H3,(H2,18,22). The molecule has 1 fully saturated rings. The summed E-state index contributed by atoms with van der Waals surface area (Å²) in [6.07, 6.45) is 3.46.